The van der Waals surface area contributed by atoms with Crippen LogP contribution in [0.5, 0.6) is 5.75 Å². The van der Waals surface area contributed by atoms with Crippen LogP contribution in [-0.2, 0) is 20.8 Å². The second-order valence-electron chi connectivity index (χ2n) is 7.02. The number of aryl methyl sites for hydroxylation is 1. The first-order valence-electron chi connectivity index (χ1n) is 9.21. The number of nitrogens with zero attached hydrogens (tertiary/aromatic N) is 1. The first-order chi connectivity index (χ1) is 12.7. The van der Waals surface area contributed by atoms with E-state index in [4.69, 9.17) is 14.2 Å². The van der Waals surface area contributed by atoms with Gasteiger partial charge in [0.2, 0.25) is 0 Å². The summed E-state index contributed by atoms with van der Waals surface area (Å²) in [6.07, 6.45) is 0. The van der Waals surface area contributed by atoms with Gasteiger partial charge in [-0.25, -0.2) is 0 Å². The van der Waals surface area contributed by atoms with E-state index in [9.17, 15) is 4.79 Å². The molecule has 1 aromatic carbocycles. The highest BCUT2D eigenvalue weighted by atomic mass is 127. The summed E-state index contributed by atoms with van der Waals surface area (Å²) in [6, 6.07) is 6.04. The number of ether oxygens (including phenoxy) is 3. The van der Waals surface area contributed by atoms with Gasteiger partial charge in [0.05, 0.1) is 6.61 Å². The molecule has 0 amide bonds. The molecule has 0 spiro atoms. The van der Waals surface area contributed by atoms with E-state index in [2.05, 4.69) is 15.6 Å². The normalized spacial score (nSPS) is 11.4. The third-order valence-corrected chi connectivity index (χ3v) is 3.40. The van der Waals surface area contributed by atoms with Crippen LogP contribution in [-0.4, -0.2) is 50.9 Å². The van der Waals surface area contributed by atoms with Crippen molar-refractivity contribution in [2.24, 2.45) is 4.99 Å². The first kappa shape index (κ1) is 26.4. The summed E-state index contributed by atoms with van der Waals surface area (Å²) in [5.74, 6) is 0.993. The fraction of sp³-hybridized carbons (Fsp3) is 0.600. The van der Waals surface area contributed by atoms with E-state index < -0.39 is 5.60 Å². The third kappa shape index (κ3) is 11.3. The van der Waals surface area contributed by atoms with Gasteiger partial charge in [-0.15, -0.1) is 24.0 Å². The Morgan fingerprint density at radius 1 is 1.18 bits per heavy atom. The Kier molecular flexibility index (Phi) is 12.8. The topological polar surface area (TPSA) is 81.2 Å². The number of benzene rings is 1. The van der Waals surface area contributed by atoms with Gasteiger partial charge < -0.3 is 24.8 Å². The molecule has 0 bridgehead atoms. The Balaban J connectivity index is 0.00000729. The molecule has 8 heteroatoms. The van der Waals surface area contributed by atoms with Crippen LogP contribution in [0.15, 0.2) is 23.2 Å². The molecule has 0 fully saturated rings. The lowest BCUT2D eigenvalue weighted by Crippen LogP contribution is -2.41. The summed E-state index contributed by atoms with van der Waals surface area (Å²) in [5.41, 5.74) is 1.61. The maximum absolute atomic E-state index is 11.8. The van der Waals surface area contributed by atoms with Crippen LogP contribution >= 0.6 is 24.0 Å². The van der Waals surface area contributed by atoms with E-state index >= 15 is 0 Å². The van der Waals surface area contributed by atoms with Crippen LogP contribution < -0.4 is 15.4 Å². The fourth-order valence-corrected chi connectivity index (χ4v) is 2.23. The number of hydrogen-bond donors (Lipinski definition) is 2. The van der Waals surface area contributed by atoms with Gasteiger partial charge in [0, 0.05) is 25.8 Å². The molecule has 1 rings (SSSR count). The van der Waals surface area contributed by atoms with Crippen LogP contribution in [0.3, 0.4) is 0 Å². The second kappa shape index (κ2) is 13.6. The van der Waals surface area contributed by atoms with E-state index in [1.165, 1.54) is 0 Å². The quantitative estimate of drug-likeness (QED) is 0.176. The Hall–Kier alpha value is -1.55. The van der Waals surface area contributed by atoms with Crippen LogP contribution in [0.4, 0.5) is 0 Å². The predicted molar refractivity (Wildman–Crippen MR) is 123 cm³/mol. The number of rotatable bonds is 9. The lowest BCUT2D eigenvalue weighted by atomic mass is 10.1. The highest BCUT2D eigenvalue weighted by Crippen LogP contribution is 2.20. The number of nitrogens with one attached hydrogen (secondary N) is 2. The minimum absolute atomic E-state index is 0. The van der Waals surface area contributed by atoms with Crippen LogP contribution in [0, 0.1) is 6.92 Å². The molecular formula is C20H34IN3O4. The molecule has 28 heavy (non-hydrogen) atoms. The maximum atomic E-state index is 11.8. The molecule has 0 saturated heterocycles. The van der Waals surface area contributed by atoms with Crippen LogP contribution in [0.2, 0.25) is 0 Å². The van der Waals surface area contributed by atoms with Crippen molar-refractivity contribution >= 4 is 35.9 Å². The van der Waals surface area contributed by atoms with Crippen molar-refractivity contribution in [1.82, 2.24) is 10.6 Å². The molecule has 0 aliphatic rings. The summed E-state index contributed by atoms with van der Waals surface area (Å²) in [5, 5.41) is 6.14. The van der Waals surface area contributed by atoms with Crippen molar-refractivity contribution in [2.45, 2.75) is 46.8 Å². The number of esters is 1. The smallest absolute Gasteiger partial charge is 0.325 e. The number of halogens is 1. The van der Waals surface area contributed by atoms with Crippen LogP contribution in [0.1, 0.15) is 38.8 Å². The SMILES string of the molecule is CCOCCOc1cc(C)ccc1CNC(=NC)NCC(=O)OC(C)(C)C.I. The van der Waals surface area contributed by atoms with E-state index in [1.807, 2.05) is 52.8 Å². The molecular weight excluding hydrogens is 473 g/mol. The zero-order chi connectivity index (χ0) is 20.3. The van der Waals surface area contributed by atoms with E-state index in [0.717, 1.165) is 16.9 Å². The molecule has 0 aliphatic carbocycles. The minimum Gasteiger partial charge on any atom is -0.491 e. The second-order valence-corrected chi connectivity index (χ2v) is 7.02. The molecule has 160 valence electrons. The summed E-state index contributed by atoms with van der Waals surface area (Å²) in [7, 11) is 1.65. The van der Waals surface area contributed by atoms with Gasteiger partial charge in [-0.05, 0) is 46.2 Å². The maximum Gasteiger partial charge on any atom is 0.325 e. The van der Waals surface area contributed by atoms with Crippen molar-refractivity contribution in [3.05, 3.63) is 29.3 Å². The Morgan fingerprint density at radius 3 is 2.50 bits per heavy atom. The van der Waals surface area contributed by atoms with Crippen molar-refractivity contribution in [1.29, 1.82) is 0 Å². The average Bonchev–Trinajstić information content (AvgIpc) is 2.58. The zero-order valence-corrected chi connectivity index (χ0v) is 20.1. The van der Waals surface area contributed by atoms with Crippen molar-refractivity contribution in [2.75, 3.05) is 33.4 Å². The lowest BCUT2D eigenvalue weighted by Gasteiger charge is -2.20. The third-order valence-electron chi connectivity index (χ3n) is 3.40. The largest absolute Gasteiger partial charge is 0.491 e. The highest BCUT2D eigenvalue weighted by molar-refractivity contribution is 14.0. The van der Waals surface area contributed by atoms with Gasteiger partial charge in [0.15, 0.2) is 5.96 Å². The van der Waals surface area contributed by atoms with Gasteiger partial charge in [0.1, 0.15) is 24.5 Å². The zero-order valence-electron chi connectivity index (χ0n) is 17.8. The number of carbonyl (C=O) groups excluding carboxylic acids is 1. The molecule has 0 aliphatic heterocycles. The molecule has 0 saturated carbocycles. The summed E-state index contributed by atoms with van der Waals surface area (Å²) < 4.78 is 16.4. The predicted octanol–water partition coefficient (Wildman–Crippen LogP) is 3.04. The van der Waals surface area contributed by atoms with Crippen molar-refractivity contribution in [3.8, 4) is 5.75 Å². The Labute approximate surface area is 185 Å². The summed E-state index contributed by atoms with van der Waals surface area (Å²) in [6.45, 7) is 11.8. The average molecular weight is 507 g/mol. The summed E-state index contributed by atoms with van der Waals surface area (Å²) >= 11 is 0. The first-order valence-corrected chi connectivity index (χ1v) is 9.21. The number of carbonyl (C=O) groups is 1. The number of guanidine groups is 1. The Bertz CT molecular complexity index is 630. The molecule has 1 aromatic rings. The lowest BCUT2D eigenvalue weighted by molar-refractivity contribution is -0.153. The van der Waals surface area contributed by atoms with Crippen molar-refractivity contribution < 1.29 is 19.0 Å². The number of hydrogen-bond acceptors (Lipinski definition) is 5. The number of aliphatic imine (C=N–C) groups is 1. The molecule has 0 aromatic heterocycles. The molecule has 0 atom stereocenters. The molecule has 0 heterocycles. The van der Waals surface area contributed by atoms with E-state index in [0.29, 0.717) is 32.3 Å². The standard InChI is InChI=1S/C20H33N3O4.HI/c1-7-25-10-11-26-17-12-15(2)8-9-16(17)13-22-19(21-6)23-14-18(24)27-20(3,4)5;/h8-9,12H,7,10-11,13-14H2,1-6H3,(H2,21,22,23);1H. The minimum atomic E-state index is -0.509. The van der Waals surface area contributed by atoms with Gasteiger partial charge >= 0.3 is 5.97 Å². The van der Waals surface area contributed by atoms with E-state index in [-0.39, 0.29) is 36.5 Å². The molecule has 0 unspecified atom stereocenters. The Morgan fingerprint density at radius 2 is 1.89 bits per heavy atom. The monoisotopic (exact) mass is 507 g/mol. The fourth-order valence-electron chi connectivity index (χ4n) is 2.23. The van der Waals surface area contributed by atoms with E-state index in [1.54, 1.807) is 7.05 Å². The molecule has 7 nitrogen and oxygen atoms in total. The highest BCUT2D eigenvalue weighted by Gasteiger charge is 2.16. The van der Waals surface area contributed by atoms with Gasteiger partial charge in [0.25, 0.3) is 0 Å². The summed E-state index contributed by atoms with van der Waals surface area (Å²) in [4.78, 5) is 15.9. The van der Waals surface area contributed by atoms with Gasteiger partial charge in [-0.3, -0.25) is 9.79 Å². The van der Waals surface area contributed by atoms with Gasteiger partial charge in [-0.1, -0.05) is 12.1 Å². The molecule has 2 N–H and O–H groups in total. The van der Waals surface area contributed by atoms with Gasteiger partial charge in [-0.2, -0.15) is 0 Å². The molecule has 0 radical (unpaired) electrons. The van der Waals surface area contributed by atoms with Crippen molar-refractivity contribution in [3.63, 3.8) is 0 Å². The van der Waals surface area contributed by atoms with Crippen LogP contribution in [0.25, 0.3) is 0 Å².